The van der Waals surface area contributed by atoms with Crippen molar-refractivity contribution in [3.05, 3.63) is 0 Å². The summed E-state index contributed by atoms with van der Waals surface area (Å²) in [4.78, 5) is 0. The molecule has 0 radical (unpaired) electrons. The Bertz CT molecular complexity index is 6.00. The summed E-state index contributed by atoms with van der Waals surface area (Å²) in [5.74, 6) is 0. The predicted molar refractivity (Wildman–Crippen MR) is 28.5 cm³/mol. The monoisotopic (exact) mass is 124 g/mol. The Morgan fingerprint density at radius 1 is 0.750 bits per heavy atom. The van der Waals surface area contributed by atoms with Gasteiger partial charge >= 0.3 is 0 Å². The Morgan fingerprint density at radius 3 is 0.750 bits per heavy atom. The van der Waals surface area contributed by atoms with Gasteiger partial charge in [-0.05, 0) is 0 Å². The fourth-order valence-electron chi connectivity index (χ4n) is 0. The second-order valence-corrected chi connectivity index (χ2v) is 0. The van der Waals surface area contributed by atoms with Crippen molar-refractivity contribution in [2.45, 2.75) is 0 Å². The molecule has 0 spiro atoms. The number of hydrogen-bond donors (Lipinski definition) is 0. The van der Waals surface area contributed by atoms with Crippen molar-refractivity contribution in [3.63, 3.8) is 0 Å². The Morgan fingerprint density at radius 2 is 0.750 bits per heavy atom. The minimum Gasteiger partial charge on any atom is -0.412 e. The molecular formula is H6Cl2OS. The summed E-state index contributed by atoms with van der Waals surface area (Å²) in [6.45, 7) is 0. The van der Waals surface area contributed by atoms with E-state index >= 15 is 0 Å². The lowest BCUT2D eigenvalue weighted by Crippen LogP contribution is -0.289. The lowest BCUT2D eigenvalue weighted by atomic mass is 16.0. The largest absolute Gasteiger partial charge is 0.412 e. The molecule has 4 heavy (non-hydrogen) atoms. The minimum atomic E-state index is 0. The van der Waals surface area contributed by atoms with E-state index in [0.717, 1.165) is 0 Å². The van der Waals surface area contributed by atoms with Crippen LogP contribution in [0.3, 0.4) is 0 Å². The van der Waals surface area contributed by atoms with Crippen LogP contribution in [0.2, 0.25) is 0 Å². The normalized spacial score (nSPS) is 0. The van der Waals surface area contributed by atoms with E-state index in [-0.39, 0.29) is 43.8 Å². The fraction of sp³-hybridized carbons (Fsp3) is 0. The summed E-state index contributed by atoms with van der Waals surface area (Å²) in [5, 5.41) is 0. The summed E-state index contributed by atoms with van der Waals surface area (Å²) in [5.41, 5.74) is 0. The predicted octanol–water partition coefficient (Wildman–Crippen LogP) is 0.132. The third-order valence-corrected chi connectivity index (χ3v) is 0. The lowest BCUT2D eigenvalue weighted by Gasteiger charge is -0.412. The van der Waals surface area contributed by atoms with Crippen LogP contribution in [0.5, 0.6) is 0 Å². The van der Waals surface area contributed by atoms with E-state index in [2.05, 4.69) is 0 Å². The van der Waals surface area contributed by atoms with Gasteiger partial charge in [0, 0.05) is 0 Å². The maximum absolute atomic E-state index is 0. The molecule has 0 rings (SSSR count). The third kappa shape index (κ3) is 13.0. The molecule has 1 nitrogen and oxygen atoms in total. The summed E-state index contributed by atoms with van der Waals surface area (Å²) >= 11 is 0. The summed E-state index contributed by atoms with van der Waals surface area (Å²) in [6.07, 6.45) is 0. The Hall–Kier alpha value is 0.890. The zero-order valence-corrected chi connectivity index (χ0v) is 4.45. The first-order valence-electron chi connectivity index (χ1n) is 0. The molecule has 0 unspecified atom stereocenters. The fourth-order valence-corrected chi connectivity index (χ4v) is 0. The molecule has 0 heterocycles. The smallest absolute Gasteiger partial charge is 0.147 e. The molecule has 0 aromatic heterocycles. The van der Waals surface area contributed by atoms with Crippen LogP contribution in [-0.2, 0) is 0 Å². The topological polar surface area (TPSA) is 31.5 Å². The van der Waals surface area contributed by atoms with Crippen LogP contribution in [0.15, 0.2) is 0 Å². The van der Waals surface area contributed by atoms with Crippen LogP contribution in [0.25, 0.3) is 0 Å². The van der Waals surface area contributed by atoms with Crippen molar-refractivity contribution in [1.82, 2.24) is 0 Å². The highest BCUT2D eigenvalue weighted by atomic mass is 35.5. The maximum atomic E-state index is 0. The first-order valence-corrected chi connectivity index (χ1v) is 0. The van der Waals surface area contributed by atoms with Crippen LogP contribution >= 0.6 is 38.3 Å². The number of halogens is 2. The van der Waals surface area contributed by atoms with Crippen molar-refractivity contribution < 1.29 is 5.48 Å². The molecule has 0 aliphatic rings. The standard InChI is InChI=1S/2ClH.H2O.H2S/h2*1H;2*1H2. The second-order valence-electron chi connectivity index (χ2n) is 0. The average Bonchev–Trinajstić information content (AvgIpc) is 0. The average molecular weight is 125 g/mol. The van der Waals surface area contributed by atoms with Crippen LogP contribution in [0, 0.1) is 0 Å². The molecule has 0 bridgehead atoms. The van der Waals surface area contributed by atoms with Gasteiger partial charge in [-0.2, -0.15) is 13.5 Å². The summed E-state index contributed by atoms with van der Waals surface area (Å²) in [7, 11) is 0. The highest BCUT2D eigenvalue weighted by Crippen LogP contribution is 0.691. The minimum absolute atomic E-state index is 0. The maximum Gasteiger partial charge on any atom is -0.147 e. The summed E-state index contributed by atoms with van der Waals surface area (Å²) in [6, 6.07) is 0. The van der Waals surface area contributed by atoms with Gasteiger partial charge in [0.25, 0.3) is 0 Å². The molecule has 4 heteroatoms. The van der Waals surface area contributed by atoms with Gasteiger partial charge in [0.05, 0.1) is 0 Å². The van der Waals surface area contributed by atoms with Gasteiger partial charge in [-0.1, -0.05) is 0 Å². The second kappa shape index (κ2) is 41.0. The van der Waals surface area contributed by atoms with Crippen LogP contribution in [0.1, 0.15) is 0 Å². The SMILES string of the molecule is Cl.Cl.O.S. The van der Waals surface area contributed by atoms with Crippen molar-refractivity contribution in [3.8, 4) is 0 Å². The molecule has 0 aliphatic heterocycles. The molecule has 32 valence electrons. The molecule has 2 N–H and O–H groups in total. The van der Waals surface area contributed by atoms with Crippen LogP contribution < -0.4 is 0 Å². The molecule has 0 aliphatic carbocycles. The van der Waals surface area contributed by atoms with Crippen molar-refractivity contribution >= 4 is 38.3 Å². The van der Waals surface area contributed by atoms with Gasteiger partial charge in [-0.3, -0.25) is 0 Å². The number of hydrogen-bond acceptors (Lipinski definition) is 0. The van der Waals surface area contributed by atoms with E-state index in [9.17, 15) is 0 Å². The summed E-state index contributed by atoms with van der Waals surface area (Å²) < 4.78 is 0. The van der Waals surface area contributed by atoms with Gasteiger partial charge in [-0.15, -0.1) is 24.8 Å². The lowest BCUT2D eigenvalue weighted by molar-refractivity contribution is 0.824. The van der Waals surface area contributed by atoms with Crippen molar-refractivity contribution in [1.29, 1.82) is 0 Å². The Balaban J connectivity index is 0. The molecule has 0 amide bonds. The zero-order valence-electron chi connectivity index (χ0n) is 1.82. The van der Waals surface area contributed by atoms with Crippen molar-refractivity contribution in [2.75, 3.05) is 0 Å². The molecular weight excluding hydrogens is 119 g/mol. The van der Waals surface area contributed by atoms with E-state index in [4.69, 9.17) is 0 Å². The zero-order chi connectivity index (χ0) is 0. The van der Waals surface area contributed by atoms with Gasteiger partial charge in [0.15, 0.2) is 0 Å². The number of rotatable bonds is 0. The Labute approximate surface area is 44.3 Å². The highest BCUT2D eigenvalue weighted by Gasteiger charge is -0.146. The van der Waals surface area contributed by atoms with Gasteiger partial charge in [0.1, 0.15) is 0 Å². The molecule has 0 saturated heterocycles. The van der Waals surface area contributed by atoms with E-state index < -0.39 is 0 Å². The highest BCUT2D eigenvalue weighted by molar-refractivity contribution is 7.59. The van der Waals surface area contributed by atoms with Crippen LogP contribution in [0.4, 0.5) is 0 Å². The Kier molecular flexibility index (Phi) is 958. The molecule has 0 fully saturated rings. The van der Waals surface area contributed by atoms with E-state index in [0.29, 0.717) is 0 Å². The van der Waals surface area contributed by atoms with Crippen molar-refractivity contribution in [2.24, 2.45) is 0 Å². The molecule has 0 aromatic rings. The van der Waals surface area contributed by atoms with Gasteiger partial charge in [-0.25, -0.2) is 0 Å². The quantitative estimate of drug-likeness (QED) is 0.440. The molecule has 0 saturated carbocycles. The third-order valence-electron chi connectivity index (χ3n) is 0. The van der Waals surface area contributed by atoms with Gasteiger partial charge < -0.3 is 5.48 Å². The van der Waals surface area contributed by atoms with Gasteiger partial charge in [0.2, 0.25) is 0 Å². The van der Waals surface area contributed by atoms with E-state index in [1.165, 1.54) is 0 Å². The molecule has 0 atom stereocenters. The van der Waals surface area contributed by atoms with E-state index in [1.54, 1.807) is 0 Å². The van der Waals surface area contributed by atoms with Crippen LogP contribution in [-0.4, -0.2) is 5.48 Å². The van der Waals surface area contributed by atoms with E-state index in [1.807, 2.05) is 0 Å². The first-order chi connectivity index (χ1) is 0. The first kappa shape index (κ1) is 93.4. The molecule has 0 aromatic carbocycles.